The standard InChI is InChI=1S/C15H19N3/c1-3-12-4-6-13(7-5-12)10-18-15-14(16)11(2)8-9-17-15/h4-9H,3,10,16H2,1-2H3,(H,17,18). The van der Waals surface area contributed by atoms with Gasteiger partial charge in [0.15, 0.2) is 0 Å². The van der Waals surface area contributed by atoms with Crippen molar-refractivity contribution >= 4 is 11.5 Å². The third kappa shape index (κ3) is 2.80. The lowest BCUT2D eigenvalue weighted by atomic mass is 10.1. The van der Waals surface area contributed by atoms with Crippen LogP contribution in [0.5, 0.6) is 0 Å². The first-order valence-electron chi connectivity index (χ1n) is 6.23. The van der Waals surface area contributed by atoms with Crippen LogP contribution in [-0.2, 0) is 13.0 Å². The van der Waals surface area contributed by atoms with Crippen LogP contribution in [0.2, 0.25) is 0 Å². The summed E-state index contributed by atoms with van der Waals surface area (Å²) in [7, 11) is 0. The number of rotatable bonds is 4. The van der Waals surface area contributed by atoms with E-state index >= 15 is 0 Å². The van der Waals surface area contributed by atoms with E-state index in [2.05, 4.69) is 41.5 Å². The van der Waals surface area contributed by atoms with E-state index < -0.39 is 0 Å². The number of hydrogen-bond donors (Lipinski definition) is 2. The molecule has 1 aromatic carbocycles. The second-order valence-corrected chi connectivity index (χ2v) is 4.41. The number of pyridine rings is 1. The van der Waals surface area contributed by atoms with E-state index in [0.717, 1.165) is 30.0 Å². The lowest BCUT2D eigenvalue weighted by molar-refractivity contribution is 1.09. The Kier molecular flexibility index (Phi) is 3.82. The monoisotopic (exact) mass is 241 g/mol. The van der Waals surface area contributed by atoms with Gasteiger partial charge in [-0.25, -0.2) is 4.98 Å². The van der Waals surface area contributed by atoms with Gasteiger partial charge in [0.1, 0.15) is 5.82 Å². The van der Waals surface area contributed by atoms with Crippen molar-refractivity contribution in [2.24, 2.45) is 0 Å². The lowest BCUT2D eigenvalue weighted by Crippen LogP contribution is -2.05. The van der Waals surface area contributed by atoms with E-state index in [9.17, 15) is 0 Å². The molecule has 0 aliphatic rings. The van der Waals surface area contributed by atoms with Crippen molar-refractivity contribution in [1.82, 2.24) is 4.98 Å². The SMILES string of the molecule is CCc1ccc(CNc2nccc(C)c2N)cc1. The largest absolute Gasteiger partial charge is 0.396 e. The average molecular weight is 241 g/mol. The number of anilines is 2. The number of nitrogen functional groups attached to an aromatic ring is 1. The zero-order chi connectivity index (χ0) is 13.0. The van der Waals surface area contributed by atoms with Crippen LogP contribution in [0.4, 0.5) is 11.5 Å². The number of nitrogens with one attached hydrogen (secondary N) is 1. The lowest BCUT2D eigenvalue weighted by Gasteiger charge is -2.10. The number of aromatic nitrogens is 1. The quantitative estimate of drug-likeness (QED) is 0.864. The maximum atomic E-state index is 5.97. The molecule has 0 aliphatic carbocycles. The highest BCUT2D eigenvalue weighted by atomic mass is 15.0. The van der Waals surface area contributed by atoms with Gasteiger partial charge in [0.05, 0.1) is 5.69 Å². The highest BCUT2D eigenvalue weighted by Gasteiger charge is 2.02. The Labute approximate surface area is 108 Å². The first-order chi connectivity index (χ1) is 8.70. The molecule has 0 aliphatic heterocycles. The molecular formula is C15H19N3. The summed E-state index contributed by atoms with van der Waals surface area (Å²) < 4.78 is 0. The molecule has 18 heavy (non-hydrogen) atoms. The van der Waals surface area contributed by atoms with Crippen molar-refractivity contribution in [3.63, 3.8) is 0 Å². The number of aryl methyl sites for hydroxylation is 2. The number of nitrogens with zero attached hydrogens (tertiary/aromatic N) is 1. The summed E-state index contributed by atoms with van der Waals surface area (Å²) in [5, 5.41) is 3.27. The molecule has 0 spiro atoms. The minimum Gasteiger partial charge on any atom is -0.396 e. The molecule has 0 saturated carbocycles. The second-order valence-electron chi connectivity index (χ2n) is 4.41. The van der Waals surface area contributed by atoms with E-state index in [1.54, 1.807) is 6.20 Å². The molecule has 0 radical (unpaired) electrons. The molecule has 94 valence electrons. The molecule has 3 N–H and O–H groups in total. The Morgan fingerprint density at radius 2 is 1.78 bits per heavy atom. The fourth-order valence-corrected chi connectivity index (χ4v) is 1.79. The predicted octanol–water partition coefficient (Wildman–Crippen LogP) is 3.15. The smallest absolute Gasteiger partial charge is 0.149 e. The van der Waals surface area contributed by atoms with Crippen LogP contribution in [0.25, 0.3) is 0 Å². The average Bonchev–Trinajstić information content (AvgIpc) is 2.41. The van der Waals surface area contributed by atoms with Crippen molar-refractivity contribution in [3.05, 3.63) is 53.2 Å². The molecule has 0 unspecified atom stereocenters. The van der Waals surface area contributed by atoms with Gasteiger partial charge in [-0.15, -0.1) is 0 Å². The Bertz CT molecular complexity index is 518. The Hall–Kier alpha value is -2.03. The Morgan fingerprint density at radius 1 is 1.11 bits per heavy atom. The van der Waals surface area contributed by atoms with Crippen LogP contribution in [0.3, 0.4) is 0 Å². The molecule has 0 atom stereocenters. The van der Waals surface area contributed by atoms with Crippen LogP contribution in [-0.4, -0.2) is 4.98 Å². The minimum absolute atomic E-state index is 0.725. The molecule has 0 amide bonds. The fourth-order valence-electron chi connectivity index (χ4n) is 1.79. The van der Waals surface area contributed by atoms with Gasteiger partial charge in [-0.2, -0.15) is 0 Å². The molecular weight excluding hydrogens is 222 g/mol. The van der Waals surface area contributed by atoms with Crippen molar-refractivity contribution in [2.45, 2.75) is 26.8 Å². The van der Waals surface area contributed by atoms with Crippen molar-refractivity contribution in [1.29, 1.82) is 0 Å². The highest BCUT2D eigenvalue weighted by Crippen LogP contribution is 2.19. The van der Waals surface area contributed by atoms with Crippen LogP contribution < -0.4 is 11.1 Å². The molecule has 3 nitrogen and oxygen atoms in total. The molecule has 1 aromatic heterocycles. The van der Waals surface area contributed by atoms with Gasteiger partial charge in [-0.1, -0.05) is 31.2 Å². The first kappa shape index (κ1) is 12.4. The van der Waals surface area contributed by atoms with Crippen molar-refractivity contribution < 1.29 is 0 Å². The van der Waals surface area contributed by atoms with Gasteiger partial charge in [-0.05, 0) is 36.1 Å². The van der Waals surface area contributed by atoms with E-state index in [4.69, 9.17) is 5.73 Å². The summed E-state index contributed by atoms with van der Waals surface area (Å²) in [5.41, 5.74) is 10.3. The summed E-state index contributed by atoms with van der Waals surface area (Å²) in [6.45, 7) is 4.88. The zero-order valence-electron chi connectivity index (χ0n) is 10.9. The molecule has 0 bridgehead atoms. The van der Waals surface area contributed by atoms with E-state index in [0.29, 0.717) is 0 Å². The molecule has 2 rings (SSSR count). The minimum atomic E-state index is 0.725. The summed E-state index contributed by atoms with van der Waals surface area (Å²) in [5.74, 6) is 0.759. The van der Waals surface area contributed by atoms with Gasteiger partial charge in [0.2, 0.25) is 0 Å². The highest BCUT2D eigenvalue weighted by molar-refractivity contribution is 5.64. The molecule has 0 fully saturated rings. The third-order valence-corrected chi connectivity index (χ3v) is 3.10. The third-order valence-electron chi connectivity index (χ3n) is 3.10. The summed E-state index contributed by atoms with van der Waals surface area (Å²) in [6.07, 6.45) is 2.84. The zero-order valence-corrected chi connectivity index (χ0v) is 10.9. The maximum absolute atomic E-state index is 5.97. The maximum Gasteiger partial charge on any atom is 0.149 e. The van der Waals surface area contributed by atoms with Crippen molar-refractivity contribution in [3.8, 4) is 0 Å². The van der Waals surface area contributed by atoms with Gasteiger partial charge in [0.25, 0.3) is 0 Å². The van der Waals surface area contributed by atoms with Crippen molar-refractivity contribution in [2.75, 3.05) is 11.1 Å². The summed E-state index contributed by atoms with van der Waals surface area (Å²) in [6, 6.07) is 10.5. The molecule has 0 saturated heterocycles. The van der Waals surface area contributed by atoms with Crippen LogP contribution >= 0.6 is 0 Å². The molecule has 2 aromatic rings. The van der Waals surface area contributed by atoms with E-state index in [1.807, 2.05) is 13.0 Å². The van der Waals surface area contributed by atoms with Crippen LogP contribution in [0.15, 0.2) is 36.5 Å². The van der Waals surface area contributed by atoms with E-state index in [-0.39, 0.29) is 0 Å². The summed E-state index contributed by atoms with van der Waals surface area (Å²) in [4.78, 5) is 4.25. The topological polar surface area (TPSA) is 50.9 Å². The molecule has 3 heteroatoms. The number of benzene rings is 1. The Balaban J connectivity index is 2.04. The first-order valence-corrected chi connectivity index (χ1v) is 6.23. The van der Waals surface area contributed by atoms with Crippen LogP contribution in [0, 0.1) is 6.92 Å². The van der Waals surface area contributed by atoms with Crippen LogP contribution in [0.1, 0.15) is 23.6 Å². The van der Waals surface area contributed by atoms with Gasteiger partial charge in [-0.3, -0.25) is 0 Å². The van der Waals surface area contributed by atoms with Gasteiger partial charge >= 0.3 is 0 Å². The van der Waals surface area contributed by atoms with E-state index in [1.165, 1.54) is 11.1 Å². The molecule has 1 heterocycles. The second kappa shape index (κ2) is 5.54. The van der Waals surface area contributed by atoms with Gasteiger partial charge < -0.3 is 11.1 Å². The predicted molar refractivity (Wildman–Crippen MR) is 76.5 cm³/mol. The normalized spacial score (nSPS) is 10.3. The summed E-state index contributed by atoms with van der Waals surface area (Å²) >= 11 is 0. The number of nitrogens with two attached hydrogens (primary N) is 1. The Morgan fingerprint density at radius 3 is 2.44 bits per heavy atom. The fraction of sp³-hybridized carbons (Fsp3) is 0.267. The van der Waals surface area contributed by atoms with Gasteiger partial charge in [0, 0.05) is 12.7 Å². The number of hydrogen-bond acceptors (Lipinski definition) is 3.